The zero-order valence-electron chi connectivity index (χ0n) is 51.5. The van der Waals surface area contributed by atoms with Gasteiger partial charge in [-0.25, -0.2) is 19.4 Å². The number of nitrogens with one attached hydrogen (secondary N) is 2. The van der Waals surface area contributed by atoms with Gasteiger partial charge >= 0.3 is 41.8 Å². The molecule has 488 valence electrons. The fourth-order valence-corrected chi connectivity index (χ4v) is 10.5. The lowest BCUT2D eigenvalue weighted by molar-refractivity contribution is -0.145. The molecule has 2 fully saturated rings. The lowest BCUT2D eigenvalue weighted by atomic mass is 9.82. The SMILES string of the molecule is C=CC(=O)OCCCCCCOc1ccc(OC(=O)C2CCC(C(=O)Oc3ccc(OC(=O)C4CCC(C(=O)Oc5ccc(OCCCCCCOC(=O)C=C)cc5)CC4)c(C=N)c3)CC2)cc1.C=CC(=O)OCCOCCOCCNc1nc2ccccc2s1. The van der Waals surface area contributed by atoms with E-state index in [9.17, 15) is 33.6 Å². The van der Waals surface area contributed by atoms with E-state index < -0.39 is 41.7 Å². The van der Waals surface area contributed by atoms with Crippen LogP contribution >= 0.6 is 11.3 Å². The highest BCUT2D eigenvalue weighted by Crippen LogP contribution is 2.35. The maximum atomic E-state index is 13.2. The smallest absolute Gasteiger partial charge is 0.330 e. The Hall–Kier alpha value is -8.73. The summed E-state index contributed by atoms with van der Waals surface area (Å²) >= 11 is 1.63. The second kappa shape index (κ2) is 40.8. The third kappa shape index (κ3) is 26.7. The predicted octanol–water partition coefficient (Wildman–Crippen LogP) is 12.1. The molecular weight excluding hydrogens is 1190 g/mol. The second-order valence-electron chi connectivity index (χ2n) is 21.3. The molecule has 0 atom stereocenters. The monoisotopic (exact) mass is 1270 g/mol. The molecule has 2 aliphatic carbocycles. The van der Waals surface area contributed by atoms with Gasteiger partial charge in [-0.3, -0.25) is 19.2 Å². The number of benzene rings is 4. The summed E-state index contributed by atoms with van der Waals surface area (Å²) in [6.07, 6.45) is 15.0. The quantitative estimate of drug-likeness (QED) is 0.00928. The van der Waals surface area contributed by atoms with Crippen molar-refractivity contribution in [3.8, 4) is 34.5 Å². The summed E-state index contributed by atoms with van der Waals surface area (Å²) in [7, 11) is 0. The first-order valence-electron chi connectivity index (χ1n) is 30.9. The summed E-state index contributed by atoms with van der Waals surface area (Å²) in [5, 5.41) is 12.1. The lowest BCUT2D eigenvalue weighted by Crippen LogP contribution is -2.30. The number of nitrogens with zero attached hydrogens (tertiary/aromatic N) is 1. The molecule has 22 heteroatoms. The van der Waals surface area contributed by atoms with Crippen LogP contribution in [-0.4, -0.2) is 119 Å². The number of fused-ring (bicyclic) bond motifs is 1. The molecule has 5 aromatic rings. The van der Waals surface area contributed by atoms with Crippen molar-refractivity contribution >= 4 is 74.7 Å². The Balaban J connectivity index is 0.000000478. The molecule has 0 saturated heterocycles. The van der Waals surface area contributed by atoms with Crippen molar-refractivity contribution in [3.05, 3.63) is 135 Å². The van der Waals surface area contributed by atoms with Crippen molar-refractivity contribution in [1.29, 1.82) is 5.41 Å². The Morgan fingerprint density at radius 2 is 0.857 bits per heavy atom. The molecule has 0 aliphatic heterocycles. The average molecular weight is 1270 g/mol. The minimum Gasteiger partial charge on any atom is -0.494 e. The molecular formula is C69H83N3O18S. The third-order valence-electron chi connectivity index (χ3n) is 14.7. The standard InChI is InChI=1S/C53H63NO14.C16H20N2O4S/c1-3-48(55)63-33-11-7-5-9-31-61-42-21-25-44(26-22-42)65-50(57)37-13-15-39(16-14-37)52(59)67-46-29-30-47(41(35-46)36-54)68-53(60)40-19-17-38(18-20-40)51(58)66-45-27-23-43(24-28-45)62-32-10-6-8-12-34-64-49(56)4-2;1-2-15(19)22-12-11-21-10-9-20-8-7-17-16-18-13-5-3-4-6-14(13)23-16/h3-4,21-30,35-40,54H,1-2,5-20,31-34H2;2-6H,1,7-12H2,(H,17,18). The molecule has 21 nitrogen and oxygen atoms in total. The number of hydrogen-bond donors (Lipinski definition) is 2. The van der Waals surface area contributed by atoms with Crippen LogP contribution in [0.3, 0.4) is 0 Å². The topological polar surface area (TPSA) is 270 Å². The Morgan fingerprint density at radius 3 is 1.32 bits per heavy atom. The number of carbonyl (C=O) groups is 7. The number of para-hydroxylation sites is 1. The number of aromatic nitrogens is 1. The van der Waals surface area contributed by atoms with Crippen molar-refractivity contribution in [2.75, 3.05) is 71.3 Å². The number of thiazole rings is 1. The number of carbonyl (C=O) groups excluding carboxylic acids is 7. The van der Waals surface area contributed by atoms with E-state index in [0.29, 0.717) is 134 Å². The van der Waals surface area contributed by atoms with Gasteiger partial charge in [0.15, 0.2) is 5.13 Å². The van der Waals surface area contributed by atoms with Crippen molar-refractivity contribution in [2.45, 2.75) is 103 Å². The van der Waals surface area contributed by atoms with Gasteiger partial charge in [0.25, 0.3) is 0 Å². The van der Waals surface area contributed by atoms with Gasteiger partial charge in [-0.15, -0.1) is 0 Å². The van der Waals surface area contributed by atoms with Gasteiger partial charge < -0.3 is 62.8 Å². The molecule has 7 rings (SSSR count). The summed E-state index contributed by atoms with van der Waals surface area (Å²) in [5.74, 6) is -1.92. The first kappa shape index (κ1) is 71.3. The maximum Gasteiger partial charge on any atom is 0.330 e. The lowest BCUT2D eigenvalue weighted by Gasteiger charge is -2.26. The van der Waals surface area contributed by atoms with E-state index in [1.165, 1.54) is 22.9 Å². The number of anilines is 1. The number of unbranched alkanes of at least 4 members (excludes halogenated alkanes) is 6. The molecule has 91 heavy (non-hydrogen) atoms. The fraction of sp³-hybridized carbons (Fsp3) is 0.435. The number of ether oxygens (including phenoxy) is 11. The highest BCUT2D eigenvalue weighted by atomic mass is 32.1. The summed E-state index contributed by atoms with van der Waals surface area (Å²) < 4.78 is 60.8. The minimum atomic E-state index is -0.461. The van der Waals surface area contributed by atoms with Crippen LogP contribution in [0.4, 0.5) is 5.13 Å². The average Bonchev–Trinajstić information content (AvgIpc) is 2.29. The Labute approximate surface area is 535 Å². The van der Waals surface area contributed by atoms with Crippen LogP contribution in [0.15, 0.2) is 129 Å². The number of hydrogen-bond acceptors (Lipinski definition) is 22. The largest absolute Gasteiger partial charge is 0.494 e. The van der Waals surface area contributed by atoms with E-state index in [0.717, 1.165) is 86.5 Å². The molecule has 0 radical (unpaired) electrons. The maximum absolute atomic E-state index is 13.2. The first-order valence-corrected chi connectivity index (χ1v) is 31.8. The van der Waals surface area contributed by atoms with Gasteiger partial charge in [0.05, 0.1) is 86.7 Å². The highest BCUT2D eigenvalue weighted by Gasteiger charge is 2.34. The van der Waals surface area contributed by atoms with E-state index >= 15 is 0 Å². The van der Waals surface area contributed by atoms with E-state index in [-0.39, 0.29) is 47.4 Å². The van der Waals surface area contributed by atoms with Gasteiger partial charge in [-0.05, 0) is 182 Å². The van der Waals surface area contributed by atoms with Crippen molar-refractivity contribution in [3.63, 3.8) is 0 Å². The molecule has 0 bridgehead atoms. The van der Waals surface area contributed by atoms with Gasteiger partial charge in [-0.2, -0.15) is 0 Å². The zero-order chi connectivity index (χ0) is 64.8. The van der Waals surface area contributed by atoms with Gasteiger partial charge in [0, 0.05) is 36.6 Å². The number of esters is 7. The Bertz CT molecular complexity index is 3100. The fourth-order valence-electron chi connectivity index (χ4n) is 9.64. The van der Waals surface area contributed by atoms with Crippen LogP contribution in [0.5, 0.6) is 34.5 Å². The van der Waals surface area contributed by atoms with E-state index in [1.807, 2.05) is 18.2 Å². The van der Waals surface area contributed by atoms with Crippen LogP contribution in [-0.2, 0) is 57.2 Å². The molecule has 0 amide bonds. The van der Waals surface area contributed by atoms with E-state index in [1.54, 1.807) is 59.9 Å². The summed E-state index contributed by atoms with van der Waals surface area (Å²) in [6, 6.07) is 26.3. The van der Waals surface area contributed by atoms with E-state index in [2.05, 4.69) is 36.1 Å². The predicted molar refractivity (Wildman–Crippen MR) is 342 cm³/mol. The van der Waals surface area contributed by atoms with Crippen LogP contribution < -0.4 is 33.7 Å². The van der Waals surface area contributed by atoms with Gasteiger partial charge in [-0.1, -0.05) is 43.2 Å². The molecule has 0 unspecified atom stereocenters. The minimum absolute atomic E-state index is 0.164. The Morgan fingerprint density at radius 1 is 0.462 bits per heavy atom. The first-order chi connectivity index (χ1) is 44.3. The molecule has 0 spiro atoms. The van der Waals surface area contributed by atoms with Crippen LogP contribution in [0, 0.1) is 29.1 Å². The second-order valence-corrected chi connectivity index (χ2v) is 22.4. The molecule has 1 aromatic heterocycles. The van der Waals surface area contributed by atoms with E-state index in [4.69, 9.17) is 57.5 Å². The normalized spacial score (nSPS) is 15.8. The van der Waals surface area contributed by atoms with Crippen LogP contribution in [0.2, 0.25) is 0 Å². The van der Waals surface area contributed by atoms with Gasteiger partial charge in [0.2, 0.25) is 0 Å². The molecule has 2 saturated carbocycles. The summed E-state index contributed by atoms with van der Waals surface area (Å²) in [4.78, 5) is 89.7. The van der Waals surface area contributed by atoms with Crippen molar-refractivity contribution in [1.82, 2.24) is 4.98 Å². The van der Waals surface area contributed by atoms with Crippen LogP contribution in [0.1, 0.15) is 108 Å². The zero-order valence-corrected chi connectivity index (χ0v) is 52.3. The van der Waals surface area contributed by atoms with Gasteiger partial charge in [0.1, 0.15) is 41.1 Å². The molecule has 2 aliphatic rings. The molecule has 1 heterocycles. The van der Waals surface area contributed by atoms with Crippen molar-refractivity contribution < 1.29 is 85.7 Å². The summed E-state index contributed by atoms with van der Waals surface area (Å²) in [6.45, 7) is 14.7. The molecule has 4 aromatic carbocycles. The number of rotatable bonds is 38. The summed E-state index contributed by atoms with van der Waals surface area (Å²) in [5.41, 5.74) is 1.27. The van der Waals surface area contributed by atoms with Crippen LogP contribution in [0.25, 0.3) is 10.2 Å². The third-order valence-corrected chi connectivity index (χ3v) is 15.7. The Kier molecular flexibility index (Phi) is 32.0. The van der Waals surface area contributed by atoms with Crippen molar-refractivity contribution in [2.24, 2.45) is 23.7 Å². The highest BCUT2D eigenvalue weighted by molar-refractivity contribution is 7.22. The molecule has 2 N–H and O–H groups in total.